The fourth-order valence-electron chi connectivity index (χ4n) is 5.10. The van der Waals surface area contributed by atoms with Crippen LogP contribution in [-0.2, 0) is 17.8 Å². The first-order chi connectivity index (χ1) is 18.6. The number of carbonyl (C=O) groups is 1. The molecule has 0 spiro atoms. The Hall–Kier alpha value is -3.59. The SMILES string of the molecule is C=C(CC(CCCc1ccc(-c2ccccc2)c(C)c1)C(=O)NCC(=C)NCc1ccccc1)CC(C)(C)C. The van der Waals surface area contributed by atoms with E-state index in [-0.39, 0.29) is 17.2 Å². The average molecular weight is 523 g/mol. The highest BCUT2D eigenvalue weighted by Crippen LogP contribution is 2.29. The summed E-state index contributed by atoms with van der Waals surface area (Å²) in [4.78, 5) is 13.3. The second kappa shape index (κ2) is 14.5. The fraction of sp³-hybridized carbons (Fsp3) is 0.361. The second-order valence-electron chi connectivity index (χ2n) is 12.0. The summed E-state index contributed by atoms with van der Waals surface area (Å²) in [5.74, 6) is -0.00483. The van der Waals surface area contributed by atoms with Gasteiger partial charge in [0.25, 0.3) is 0 Å². The molecule has 0 radical (unpaired) electrons. The molecule has 0 saturated carbocycles. The normalized spacial score (nSPS) is 12.0. The predicted molar refractivity (Wildman–Crippen MR) is 166 cm³/mol. The molecule has 0 heterocycles. The molecule has 1 unspecified atom stereocenters. The maximum absolute atomic E-state index is 13.3. The zero-order chi connectivity index (χ0) is 28.3. The lowest BCUT2D eigenvalue weighted by Crippen LogP contribution is -2.35. The summed E-state index contributed by atoms with van der Waals surface area (Å²) in [5, 5.41) is 6.45. The summed E-state index contributed by atoms with van der Waals surface area (Å²) < 4.78 is 0. The number of benzene rings is 3. The molecule has 206 valence electrons. The molecule has 3 aromatic carbocycles. The molecule has 1 amide bonds. The van der Waals surface area contributed by atoms with Crippen molar-refractivity contribution in [2.45, 2.75) is 66.3 Å². The highest BCUT2D eigenvalue weighted by molar-refractivity contribution is 5.79. The van der Waals surface area contributed by atoms with Crippen LogP contribution in [0.2, 0.25) is 0 Å². The third kappa shape index (κ3) is 10.6. The summed E-state index contributed by atoms with van der Waals surface area (Å²) in [6.07, 6.45) is 4.38. The molecule has 0 bridgehead atoms. The van der Waals surface area contributed by atoms with Crippen LogP contribution in [0, 0.1) is 18.3 Å². The third-order valence-corrected chi connectivity index (χ3v) is 6.94. The minimum Gasteiger partial charge on any atom is -0.383 e. The van der Waals surface area contributed by atoms with Crippen molar-refractivity contribution in [2.24, 2.45) is 11.3 Å². The molecular formula is C36H46N2O. The van der Waals surface area contributed by atoms with E-state index >= 15 is 0 Å². The van der Waals surface area contributed by atoms with Gasteiger partial charge in [0, 0.05) is 18.2 Å². The van der Waals surface area contributed by atoms with Crippen LogP contribution in [0.25, 0.3) is 11.1 Å². The first-order valence-corrected chi connectivity index (χ1v) is 14.2. The Morgan fingerprint density at radius 1 is 0.872 bits per heavy atom. The predicted octanol–water partition coefficient (Wildman–Crippen LogP) is 8.40. The zero-order valence-electron chi connectivity index (χ0n) is 24.4. The smallest absolute Gasteiger partial charge is 0.223 e. The van der Waals surface area contributed by atoms with Crippen LogP contribution in [-0.4, -0.2) is 12.5 Å². The zero-order valence-corrected chi connectivity index (χ0v) is 24.4. The van der Waals surface area contributed by atoms with Gasteiger partial charge in [0.05, 0.1) is 6.54 Å². The van der Waals surface area contributed by atoms with E-state index in [1.807, 2.05) is 24.3 Å². The van der Waals surface area contributed by atoms with Crippen LogP contribution in [0.15, 0.2) is 103 Å². The first kappa shape index (κ1) is 30.0. The molecule has 0 aliphatic carbocycles. The number of nitrogens with one attached hydrogen (secondary N) is 2. The molecule has 3 rings (SSSR count). The molecule has 3 aromatic rings. The Morgan fingerprint density at radius 3 is 2.18 bits per heavy atom. The summed E-state index contributed by atoms with van der Waals surface area (Å²) in [7, 11) is 0. The summed E-state index contributed by atoms with van der Waals surface area (Å²) >= 11 is 0. The second-order valence-corrected chi connectivity index (χ2v) is 12.0. The monoisotopic (exact) mass is 522 g/mol. The van der Waals surface area contributed by atoms with E-state index in [0.717, 1.165) is 43.4 Å². The van der Waals surface area contributed by atoms with Gasteiger partial charge in [-0.25, -0.2) is 0 Å². The molecule has 2 N–H and O–H groups in total. The van der Waals surface area contributed by atoms with Gasteiger partial charge in [0.15, 0.2) is 0 Å². The Balaban J connectivity index is 1.56. The molecular weight excluding hydrogens is 476 g/mol. The highest BCUT2D eigenvalue weighted by atomic mass is 16.1. The van der Waals surface area contributed by atoms with E-state index < -0.39 is 0 Å². The number of amides is 1. The van der Waals surface area contributed by atoms with Crippen molar-refractivity contribution in [3.63, 3.8) is 0 Å². The van der Waals surface area contributed by atoms with Crippen molar-refractivity contribution < 1.29 is 4.79 Å². The maximum Gasteiger partial charge on any atom is 0.223 e. The number of hydrogen-bond acceptors (Lipinski definition) is 2. The van der Waals surface area contributed by atoms with Gasteiger partial charge in [-0.05, 0) is 72.3 Å². The van der Waals surface area contributed by atoms with Crippen molar-refractivity contribution in [3.05, 3.63) is 120 Å². The molecule has 39 heavy (non-hydrogen) atoms. The van der Waals surface area contributed by atoms with Gasteiger partial charge in [-0.3, -0.25) is 4.79 Å². The minimum atomic E-state index is -0.0912. The van der Waals surface area contributed by atoms with Crippen LogP contribution in [0.5, 0.6) is 0 Å². The Morgan fingerprint density at radius 2 is 1.54 bits per heavy atom. The van der Waals surface area contributed by atoms with Crippen LogP contribution >= 0.6 is 0 Å². The quantitative estimate of drug-likeness (QED) is 0.209. The number of carbonyl (C=O) groups excluding carboxylic acids is 1. The molecule has 0 fully saturated rings. The Bertz CT molecular complexity index is 1220. The summed E-state index contributed by atoms with van der Waals surface area (Å²) in [5.41, 5.74) is 8.43. The topological polar surface area (TPSA) is 41.1 Å². The first-order valence-electron chi connectivity index (χ1n) is 14.2. The van der Waals surface area contributed by atoms with Gasteiger partial charge in [-0.2, -0.15) is 0 Å². The number of hydrogen-bond donors (Lipinski definition) is 2. The van der Waals surface area contributed by atoms with Crippen LogP contribution < -0.4 is 10.6 Å². The van der Waals surface area contributed by atoms with Gasteiger partial charge in [0.1, 0.15) is 0 Å². The Kier molecular flexibility index (Phi) is 11.2. The van der Waals surface area contributed by atoms with Crippen LogP contribution in [0.1, 0.15) is 63.1 Å². The fourth-order valence-corrected chi connectivity index (χ4v) is 5.10. The highest BCUT2D eigenvalue weighted by Gasteiger charge is 2.22. The van der Waals surface area contributed by atoms with E-state index in [9.17, 15) is 4.79 Å². The summed E-state index contributed by atoms with van der Waals surface area (Å²) in [6, 6.07) is 27.5. The lowest BCUT2D eigenvalue weighted by atomic mass is 9.83. The summed E-state index contributed by atoms with van der Waals surface area (Å²) in [6.45, 7) is 18.4. The Labute approximate surface area is 236 Å². The van der Waals surface area contributed by atoms with E-state index in [4.69, 9.17) is 0 Å². The lowest BCUT2D eigenvalue weighted by molar-refractivity contribution is -0.125. The van der Waals surface area contributed by atoms with Crippen molar-refractivity contribution in [1.82, 2.24) is 10.6 Å². The van der Waals surface area contributed by atoms with Gasteiger partial charge < -0.3 is 10.6 Å². The van der Waals surface area contributed by atoms with E-state index in [1.54, 1.807) is 0 Å². The van der Waals surface area contributed by atoms with Crippen molar-refractivity contribution in [3.8, 4) is 11.1 Å². The molecule has 0 aliphatic rings. The lowest BCUT2D eigenvalue weighted by Gasteiger charge is -2.23. The van der Waals surface area contributed by atoms with Gasteiger partial charge in [-0.1, -0.05) is 118 Å². The van der Waals surface area contributed by atoms with E-state index in [2.05, 4.69) is 106 Å². The van der Waals surface area contributed by atoms with Gasteiger partial charge >= 0.3 is 0 Å². The maximum atomic E-state index is 13.3. The number of allylic oxidation sites excluding steroid dienone is 1. The van der Waals surface area contributed by atoms with Crippen molar-refractivity contribution in [2.75, 3.05) is 6.54 Å². The number of aryl methyl sites for hydroxylation is 2. The van der Waals surface area contributed by atoms with Crippen molar-refractivity contribution >= 4 is 5.91 Å². The number of rotatable bonds is 14. The largest absolute Gasteiger partial charge is 0.383 e. The molecule has 0 aromatic heterocycles. The third-order valence-electron chi connectivity index (χ3n) is 6.94. The van der Waals surface area contributed by atoms with Crippen molar-refractivity contribution in [1.29, 1.82) is 0 Å². The molecule has 3 heteroatoms. The van der Waals surface area contributed by atoms with Crippen LogP contribution in [0.3, 0.4) is 0 Å². The standard InChI is InChI=1S/C36H46N2O/c1-27(24-36(4,5)6)22-33(35(39)38-25-29(3)37-26-31-14-9-7-10-15-31)19-13-16-30-20-21-34(28(2)23-30)32-17-11-8-12-18-32/h7-12,14-15,17-18,20-21,23,33,37H,1,3,13,16,19,22,24-26H2,2,4-6H3,(H,38,39). The van der Waals surface area contributed by atoms with Crippen LogP contribution in [0.4, 0.5) is 0 Å². The van der Waals surface area contributed by atoms with Gasteiger partial charge in [-0.15, -0.1) is 0 Å². The molecule has 0 aliphatic heterocycles. The van der Waals surface area contributed by atoms with E-state index in [1.165, 1.54) is 27.8 Å². The molecule has 3 nitrogen and oxygen atoms in total. The van der Waals surface area contributed by atoms with Gasteiger partial charge in [0.2, 0.25) is 5.91 Å². The minimum absolute atomic E-state index is 0.0864. The molecule has 0 saturated heterocycles. The average Bonchev–Trinajstić information content (AvgIpc) is 2.90. The molecule has 1 atom stereocenters. The van der Waals surface area contributed by atoms with E-state index in [0.29, 0.717) is 13.1 Å².